The number of amides is 3. The van der Waals surface area contributed by atoms with Crippen LogP contribution in [0.1, 0.15) is 37.0 Å². The molecule has 7 heteroatoms. The lowest BCUT2D eigenvalue weighted by Crippen LogP contribution is -2.49. The Bertz CT molecular complexity index is 534. The van der Waals surface area contributed by atoms with Crippen molar-refractivity contribution >= 4 is 29.1 Å². The molecular weight excluding hydrogens is 302 g/mol. The molecule has 1 aromatic heterocycles. The van der Waals surface area contributed by atoms with Crippen molar-refractivity contribution in [2.75, 3.05) is 13.1 Å². The van der Waals surface area contributed by atoms with Gasteiger partial charge >= 0.3 is 0 Å². The summed E-state index contributed by atoms with van der Waals surface area (Å²) in [6.45, 7) is 4.64. The molecule has 2 heterocycles. The van der Waals surface area contributed by atoms with Crippen LogP contribution < -0.4 is 10.9 Å². The smallest absolute Gasteiger partial charge is 0.254 e. The molecule has 0 saturated carbocycles. The Labute approximate surface area is 133 Å². The first-order valence-electron chi connectivity index (χ1n) is 7.40. The summed E-state index contributed by atoms with van der Waals surface area (Å²) in [6.07, 6.45) is 1.22. The lowest BCUT2D eigenvalue weighted by molar-refractivity contribution is -0.133. The van der Waals surface area contributed by atoms with E-state index in [4.69, 9.17) is 0 Å². The van der Waals surface area contributed by atoms with Gasteiger partial charge in [0.25, 0.3) is 5.91 Å². The van der Waals surface area contributed by atoms with E-state index in [0.717, 1.165) is 0 Å². The summed E-state index contributed by atoms with van der Waals surface area (Å²) < 4.78 is 0. The maximum absolute atomic E-state index is 12.2. The van der Waals surface area contributed by atoms with Crippen LogP contribution in [0.3, 0.4) is 0 Å². The van der Waals surface area contributed by atoms with Gasteiger partial charge in [0.1, 0.15) is 0 Å². The fourth-order valence-corrected chi connectivity index (χ4v) is 2.91. The highest BCUT2D eigenvalue weighted by Gasteiger charge is 2.28. The van der Waals surface area contributed by atoms with Crippen molar-refractivity contribution in [3.8, 4) is 0 Å². The van der Waals surface area contributed by atoms with Gasteiger partial charge in [-0.05, 0) is 24.3 Å². The van der Waals surface area contributed by atoms with Crippen molar-refractivity contribution < 1.29 is 14.4 Å². The van der Waals surface area contributed by atoms with E-state index in [1.165, 1.54) is 11.3 Å². The summed E-state index contributed by atoms with van der Waals surface area (Å²) in [5.74, 6) is -0.715. The van der Waals surface area contributed by atoms with Crippen molar-refractivity contribution in [3.63, 3.8) is 0 Å². The standard InChI is InChI=1S/C15H21N3O3S/c1-10(2)13(19)16-17-14(20)11-3-6-18(7-4-11)15(21)12-5-8-22-9-12/h5,8-11H,3-4,6-7H2,1-2H3,(H,16,19)(H,17,20). The molecule has 6 nitrogen and oxygen atoms in total. The lowest BCUT2D eigenvalue weighted by atomic mass is 9.96. The summed E-state index contributed by atoms with van der Waals surface area (Å²) in [5, 5.41) is 3.72. The number of carbonyl (C=O) groups excluding carboxylic acids is 3. The monoisotopic (exact) mass is 323 g/mol. The number of thiophene rings is 1. The van der Waals surface area contributed by atoms with Gasteiger partial charge in [-0.15, -0.1) is 0 Å². The first-order chi connectivity index (χ1) is 10.5. The molecule has 0 aliphatic carbocycles. The molecule has 3 amide bonds. The van der Waals surface area contributed by atoms with Gasteiger partial charge in [0, 0.05) is 30.3 Å². The van der Waals surface area contributed by atoms with E-state index in [9.17, 15) is 14.4 Å². The van der Waals surface area contributed by atoms with Crippen molar-refractivity contribution in [2.45, 2.75) is 26.7 Å². The predicted octanol–water partition coefficient (Wildman–Crippen LogP) is 1.40. The van der Waals surface area contributed by atoms with E-state index in [-0.39, 0.29) is 29.6 Å². The molecule has 0 bridgehead atoms. The topological polar surface area (TPSA) is 78.5 Å². The Morgan fingerprint density at radius 2 is 1.91 bits per heavy atom. The molecular formula is C15H21N3O3S. The van der Waals surface area contributed by atoms with Crippen LogP contribution in [0.5, 0.6) is 0 Å². The highest BCUT2D eigenvalue weighted by atomic mass is 32.1. The van der Waals surface area contributed by atoms with E-state index in [1.54, 1.807) is 18.7 Å². The minimum Gasteiger partial charge on any atom is -0.339 e. The first-order valence-corrected chi connectivity index (χ1v) is 8.34. The second kappa shape index (κ2) is 7.40. The number of hydrazine groups is 1. The molecule has 1 fully saturated rings. The molecule has 1 aromatic rings. The largest absolute Gasteiger partial charge is 0.339 e. The molecule has 1 saturated heterocycles. The van der Waals surface area contributed by atoms with Crippen molar-refractivity contribution in [2.24, 2.45) is 11.8 Å². The number of likely N-dealkylation sites (tertiary alicyclic amines) is 1. The Kier molecular flexibility index (Phi) is 5.54. The van der Waals surface area contributed by atoms with E-state index in [1.807, 2.05) is 16.8 Å². The van der Waals surface area contributed by atoms with Gasteiger partial charge in [-0.1, -0.05) is 13.8 Å². The molecule has 22 heavy (non-hydrogen) atoms. The number of rotatable bonds is 3. The normalized spacial score (nSPS) is 15.7. The number of hydrogen-bond acceptors (Lipinski definition) is 4. The third kappa shape index (κ3) is 4.07. The maximum atomic E-state index is 12.2. The number of piperidine rings is 1. The zero-order valence-electron chi connectivity index (χ0n) is 12.8. The molecule has 2 N–H and O–H groups in total. The molecule has 0 unspecified atom stereocenters. The summed E-state index contributed by atoms with van der Waals surface area (Å²) in [5.41, 5.74) is 5.59. The quantitative estimate of drug-likeness (QED) is 0.826. The Hall–Kier alpha value is -1.89. The number of nitrogens with one attached hydrogen (secondary N) is 2. The van der Waals surface area contributed by atoms with Gasteiger partial charge in [-0.2, -0.15) is 11.3 Å². The summed E-state index contributed by atoms with van der Waals surface area (Å²) >= 11 is 1.50. The van der Waals surface area contributed by atoms with E-state index < -0.39 is 0 Å². The third-order valence-corrected chi connectivity index (χ3v) is 4.44. The van der Waals surface area contributed by atoms with Crippen molar-refractivity contribution in [1.82, 2.24) is 15.8 Å². The Balaban J connectivity index is 1.78. The molecule has 2 rings (SSSR count). The SMILES string of the molecule is CC(C)C(=O)NNC(=O)C1CCN(C(=O)c2ccsc2)CC1. The van der Waals surface area contributed by atoms with Crippen LogP contribution in [-0.2, 0) is 9.59 Å². The second-order valence-corrected chi connectivity index (χ2v) is 6.49. The highest BCUT2D eigenvalue weighted by Crippen LogP contribution is 2.20. The van der Waals surface area contributed by atoms with Crippen LogP contribution in [0.2, 0.25) is 0 Å². The number of nitrogens with zero attached hydrogens (tertiary/aromatic N) is 1. The molecule has 1 aliphatic heterocycles. The Morgan fingerprint density at radius 3 is 2.45 bits per heavy atom. The van der Waals surface area contributed by atoms with Gasteiger partial charge in [0.2, 0.25) is 11.8 Å². The predicted molar refractivity (Wildman–Crippen MR) is 84.1 cm³/mol. The van der Waals surface area contributed by atoms with E-state index in [0.29, 0.717) is 31.5 Å². The molecule has 0 aromatic carbocycles. The average molecular weight is 323 g/mol. The van der Waals surface area contributed by atoms with E-state index >= 15 is 0 Å². The summed E-state index contributed by atoms with van der Waals surface area (Å²) in [4.78, 5) is 37.4. The Morgan fingerprint density at radius 1 is 1.23 bits per heavy atom. The zero-order chi connectivity index (χ0) is 16.1. The summed E-state index contributed by atoms with van der Waals surface area (Å²) in [7, 11) is 0. The minimum atomic E-state index is -0.210. The number of hydrogen-bond donors (Lipinski definition) is 2. The first kappa shape index (κ1) is 16.5. The fourth-order valence-electron chi connectivity index (χ4n) is 2.28. The van der Waals surface area contributed by atoms with Gasteiger partial charge in [0.05, 0.1) is 5.56 Å². The van der Waals surface area contributed by atoms with Gasteiger partial charge in [0.15, 0.2) is 0 Å². The van der Waals surface area contributed by atoms with E-state index in [2.05, 4.69) is 10.9 Å². The molecule has 0 atom stereocenters. The van der Waals surface area contributed by atoms with Crippen molar-refractivity contribution in [3.05, 3.63) is 22.4 Å². The lowest BCUT2D eigenvalue weighted by Gasteiger charge is -2.31. The van der Waals surface area contributed by atoms with Crippen molar-refractivity contribution in [1.29, 1.82) is 0 Å². The van der Waals surface area contributed by atoms with Crippen LogP contribution in [0.25, 0.3) is 0 Å². The van der Waals surface area contributed by atoms with Crippen LogP contribution in [0.15, 0.2) is 16.8 Å². The van der Waals surface area contributed by atoms with Crippen LogP contribution >= 0.6 is 11.3 Å². The number of carbonyl (C=O) groups is 3. The van der Waals surface area contributed by atoms with Gasteiger partial charge < -0.3 is 4.90 Å². The average Bonchev–Trinajstić information content (AvgIpc) is 3.06. The minimum absolute atomic E-state index is 0.0215. The van der Waals surface area contributed by atoms with Gasteiger partial charge in [-0.3, -0.25) is 25.2 Å². The van der Waals surface area contributed by atoms with Crippen LogP contribution in [-0.4, -0.2) is 35.7 Å². The second-order valence-electron chi connectivity index (χ2n) is 5.71. The molecule has 0 spiro atoms. The maximum Gasteiger partial charge on any atom is 0.254 e. The van der Waals surface area contributed by atoms with Crippen LogP contribution in [0.4, 0.5) is 0 Å². The van der Waals surface area contributed by atoms with Gasteiger partial charge in [-0.25, -0.2) is 0 Å². The zero-order valence-corrected chi connectivity index (χ0v) is 13.6. The van der Waals surface area contributed by atoms with Crippen LogP contribution in [0, 0.1) is 11.8 Å². The third-order valence-electron chi connectivity index (χ3n) is 3.75. The fraction of sp³-hybridized carbons (Fsp3) is 0.533. The molecule has 120 valence electrons. The molecule has 0 radical (unpaired) electrons. The summed E-state index contributed by atoms with van der Waals surface area (Å²) in [6, 6.07) is 1.81. The molecule has 1 aliphatic rings. The highest BCUT2D eigenvalue weighted by molar-refractivity contribution is 7.08.